The van der Waals surface area contributed by atoms with Crippen molar-refractivity contribution >= 4 is 11.8 Å². The molecule has 7 heteroatoms. The van der Waals surface area contributed by atoms with Crippen molar-refractivity contribution in [2.45, 2.75) is 6.54 Å². The van der Waals surface area contributed by atoms with Crippen LogP contribution in [0.1, 0.15) is 5.56 Å². The zero-order chi connectivity index (χ0) is 11.5. The lowest BCUT2D eigenvalue weighted by atomic mass is 10.3. The molecule has 0 aliphatic carbocycles. The van der Waals surface area contributed by atoms with Crippen LogP contribution >= 0.6 is 0 Å². The summed E-state index contributed by atoms with van der Waals surface area (Å²) in [6.45, 7) is 0.450. The molecule has 0 saturated heterocycles. The van der Waals surface area contributed by atoms with Crippen LogP contribution in [-0.4, -0.2) is 19.7 Å². The Labute approximate surface area is 91.3 Å². The van der Waals surface area contributed by atoms with E-state index in [9.17, 15) is 4.39 Å². The Bertz CT molecular complexity index is 477. The molecule has 0 fully saturated rings. The predicted molar refractivity (Wildman–Crippen MR) is 56.9 cm³/mol. The largest absolute Gasteiger partial charge is 0.384 e. The summed E-state index contributed by atoms with van der Waals surface area (Å²) >= 11 is 0. The molecule has 0 aromatic carbocycles. The smallest absolute Gasteiger partial charge is 0.223 e. The first-order chi connectivity index (χ1) is 7.66. The highest BCUT2D eigenvalue weighted by molar-refractivity contribution is 5.40. The van der Waals surface area contributed by atoms with Gasteiger partial charge >= 0.3 is 0 Å². The van der Waals surface area contributed by atoms with Gasteiger partial charge in [-0.05, 0) is 0 Å². The van der Waals surface area contributed by atoms with Gasteiger partial charge in [-0.15, -0.1) is 0 Å². The molecule has 0 saturated carbocycles. The maximum absolute atomic E-state index is 12.5. The van der Waals surface area contributed by atoms with E-state index in [-0.39, 0.29) is 0 Å². The van der Waals surface area contributed by atoms with E-state index >= 15 is 0 Å². The standard InChI is InChI=1S/C9H11FN6/c1-16-8(11)6(3-15-16)2-12-9-13-4-7(10)5-14-9/h3-5H,2,11H2,1H3,(H,12,13,14). The molecular formula is C9H11FN6. The van der Waals surface area contributed by atoms with Gasteiger partial charge in [-0.1, -0.05) is 0 Å². The Hall–Kier alpha value is -2.18. The molecule has 0 aliphatic rings. The fraction of sp³-hybridized carbons (Fsp3) is 0.222. The van der Waals surface area contributed by atoms with Crippen molar-refractivity contribution in [3.63, 3.8) is 0 Å². The van der Waals surface area contributed by atoms with Crippen molar-refractivity contribution in [2.24, 2.45) is 7.05 Å². The van der Waals surface area contributed by atoms with Crippen molar-refractivity contribution < 1.29 is 4.39 Å². The summed E-state index contributed by atoms with van der Waals surface area (Å²) in [5.41, 5.74) is 6.59. The number of anilines is 2. The van der Waals surface area contributed by atoms with Crippen molar-refractivity contribution in [1.82, 2.24) is 19.7 Å². The van der Waals surface area contributed by atoms with Gasteiger partial charge in [0.05, 0.1) is 18.6 Å². The minimum Gasteiger partial charge on any atom is -0.384 e. The average molecular weight is 222 g/mol. The summed E-state index contributed by atoms with van der Waals surface area (Å²) in [5, 5.41) is 6.91. The van der Waals surface area contributed by atoms with Crippen molar-refractivity contribution in [1.29, 1.82) is 0 Å². The van der Waals surface area contributed by atoms with Gasteiger partial charge in [0.1, 0.15) is 5.82 Å². The van der Waals surface area contributed by atoms with Gasteiger partial charge in [-0.25, -0.2) is 14.4 Å². The summed E-state index contributed by atoms with van der Waals surface area (Å²) < 4.78 is 14.1. The molecule has 16 heavy (non-hydrogen) atoms. The van der Waals surface area contributed by atoms with E-state index in [4.69, 9.17) is 5.73 Å². The fourth-order valence-electron chi connectivity index (χ4n) is 1.21. The van der Waals surface area contributed by atoms with E-state index in [0.717, 1.165) is 18.0 Å². The molecule has 0 bridgehead atoms. The van der Waals surface area contributed by atoms with Crippen LogP contribution in [0.25, 0.3) is 0 Å². The predicted octanol–water partition coefficient (Wildman–Crippen LogP) is 0.544. The number of nitrogens with two attached hydrogens (primary N) is 1. The minimum atomic E-state index is -0.466. The van der Waals surface area contributed by atoms with E-state index < -0.39 is 5.82 Å². The number of nitrogens with zero attached hydrogens (tertiary/aromatic N) is 4. The van der Waals surface area contributed by atoms with Crippen molar-refractivity contribution in [3.8, 4) is 0 Å². The van der Waals surface area contributed by atoms with Gasteiger partial charge in [0.25, 0.3) is 0 Å². The molecule has 0 amide bonds. The first-order valence-electron chi connectivity index (χ1n) is 4.64. The van der Waals surface area contributed by atoms with Crippen LogP contribution in [0, 0.1) is 5.82 Å². The Morgan fingerprint density at radius 2 is 2.06 bits per heavy atom. The van der Waals surface area contributed by atoms with E-state index in [1.54, 1.807) is 17.9 Å². The molecule has 2 aromatic heterocycles. The number of rotatable bonds is 3. The minimum absolute atomic E-state index is 0.352. The second-order valence-corrected chi connectivity index (χ2v) is 3.26. The number of hydrogen-bond acceptors (Lipinski definition) is 5. The molecular weight excluding hydrogens is 211 g/mol. The Morgan fingerprint density at radius 1 is 1.38 bits per heavy atom. The monoisotopic (exact) mass is 222 g/mol. The first-order valence-corrected chi connectivity index (χ1v) is 4.64. The van der Waals surface area contributed by atoms with Crippen LogP contribution in [0.2, 0.25) is 0 Å². The third-order valence-electron chi connectivity index (χ3n) is 2.12. The Balaban J connectivity index is 2.02. The number of nitrogen functional groups attached to an aromatic ring is 1. The van der Waals surface area contributed by atoms with Gasteiger partial charge in [-0.3, -0.25) is 4.68 Å². The zero-order valence-corrected chi connectivity index (χ0v) is 8.68. The third kappa shape index (κ3) is 2.08. The number of nitrogens with one attached hydrogen (secondary N) is 1. The topological polar surface area (TPSA) is 81.7 Å². The van der Waals surface area contributed by atoms with Gasteiger partial charge < -0.3 is 11.1 Å². The number of hydrogen-bond donors (Lipinski definition) is 2. The quantitative estimate of drug-likeness (QED) is 0.792. The maximum Gasteiger partial charge on any atom is 0.223 e. The summed E-state index contributed by atoms with van der Waals surface area (Å²) in [5.74, 6) is 0.464. The van der Waals surface area contributed by atoms with E-state index in [2.05, 4.69) is 20.4 Å². The average Bonchev–Trinajstić information content (AvgIpc) is 2.60. The lowest BCUT2D eigenvalue weighted by Crippen LogP contribution is -2.06. The molecule has 2 rings (SSSR count). The van der Waals surface area contributed by atoms with Gasteiger partial charge in [0, 0.05) is 19.2 Å². The Kier molecular flexibility index (Phi) is 2.67. The molecule has 0 atom stereocenters. The first kappa shape index (κ1) is 10.3. The fourth-order valence-corrected chi connectivity index (χ4v) is 1.21. The van der Waals surface area contributed by atoms with Crippen molar-refractivity contribution in [2.75, 3.05) is 11.1 Å². The molecule has 3 N–H and O–H groups in total. The molecule has 0 spiro atoms. The van der Waals surface area contributed by atoms with Crippen LogP contribution in [0.15, 0.2) is 18.6 Å². The molecule has 0 aliphatic heterocycles. The molecule has 6 nitrogen and oxygen atoms in total. The summed E-state index contributed by atoms with van der Waals surface area (Å²) in [6, 6.07) is 0. The van der Waals surface area contributed by atoms with Gasteiger partial charge in [0.15, 0.2) is 5.82 Å². The number of aromatic nitrogens is 4. The lowest BCUT2D eigenvalue weighted by molar-refractivity contribution is 0.614. The highest BCUT2D eigenvalue weighted by Crippen LogP contribution is 2.10. The second kappa shape index (κ2) is 4.13. The van der Waals surface area contributed by atoms with Crippen molar-refractivity contribution in [3.05, 3.63) is 30.0 Å². The lowest BCUT2D eigenvalue weighted by Gasteiger charge is -2.03. The summed E-state index contributed by atoms with van der Waals surface area (Å²) in [4.78, 5) is 7.53. The van der Waals surface area contributed by atoms with E-state index in [1.807, 2.05) is 0 Å². The number of aryl methyl sites for hydroxylation is 1. The molecule has 2 aromatic rings. The SMILES string of the molecule is Cn1ncc(CNc2ncc(F)cn2)c1N. The summed E-state index contributed by atoms with van der Waals surface area (Å²) in [7, 11) is 1.76. The Morgan fingerprint density at radius 3 is 2.62 bits per heavy atom. The van der Waals surface area contributed by atoms with Crippen LogP contribution in [0.4, 0.5) is 16.2 Å². The third-order valence-corrected chi connectivity index (χ3v) is 2.12. The van der Waals surface area contributed by atoms with Gasteiger partial charge in [-0.2, -0.15) is 5.10 Å². The highest BCUT2D eigenvalue weighted by atomic mass is 19.1. The molecule has 2 heterocycles. The normalized spacial score (nSPS) is 10.4. The molecule has 0 unspecified atom stereocenters. The van der Waals surface area contributed by atoms with Crippen LogP contribution < -0.4 is 11.1 Å². The molecule has 0 radical (unpaired) electrons. The maximum atomic E-state index is 12.5. The second-order valence-electron chi connectivity index (χ2n) is 3.26. The van der Waals surface area contributed by atoms with Crippen LogP contribution in [0.3, 0.4) is 0 Å². The van der Waals surface area contributed by atoms with Crippen LogP contribution in [0.5, 0.6) is 0 Å². The highest BCUT2D eigenvalue weighted by Gasteiger charge is 2.04. The van der Waals surface area contributed by atoms with E-state index in [1.165, 1.54) is 0 Å². The van der Waals surface area contributed by atoms with E-state index in [0.29, 0.717) is 18.3 Å². The van der Waals surface area contributed by atoms with Gasteiger partial charge in [0.2, 0.25) is 5.95 Å². The van der Waals surface area contributed by atoms with Crippen LogP contribution in [-0.2, 0) is 13.6 Å². The summed E-state index contributed by atoms with van der Waals surface area (Å²) in [6.07, 6.45) is 3.86. The number of halogens is 1. The molecule has 84 valence electrons. The zero-order valence-electron chi connectivity index (χ0n) is 8.68.